The number of hydrogen-bond donors (Lipinski definition) is 1. The molecule has 3 aliphatic rings. The number of ether oxygens (including phenoxy) is 1. The molecule has 3 aliphatic heterocycles. The van der Waals surface area contributed by atoms with Crippen LogP contribution in [0.3, 0.4) is 0 Å². The van der Waals surface area contributed by atoms with Gasteiger partial charge in [-0.1, -0.05) is 29.8 Å². The van der Waals surface area contributed by atoms with E-state index in [1.165, 1.54) is 4.90 Å². The number of urea groups is 1. The van der Waals surface area contributed by atoms with Crippen molar-refractivity contribution in [2.75, 3.05) is 46.4 Å². The van der Waals surface area contributed by atoms with E-state index in [0.717, 1.165) is 11.4 Å². The number of likely N-dealkylation sites (N-methyl/N-ethyl adjacent to an activating group) is 1. The second-order valence-electron chi connectivity index (χ2n) is 7.99. The van der Waals surface area contributed by atoms with Crippen molar-refractivity contribution in [2.45, 2.75) is 25.7 Å². The SMILES string of the molecule is CCOC(=O)N1CCN(CC2=NC3C(C(=O)NC(=O)N3C)N2Cc2ccccc2Cl)CC1. The molecule has 172 valence electrons. The summed E-state index contributed by atoms with van der Waals surface area (Å²) in [6.07, 6.45) is -0.886. The van der Waals surface area contributed by atoms with E-state index >= 15 is 0 Å². The quantitative estimate of drug-likeness (QED) is 0.706. The number of carbonyl (C=O) groups excluding carboxylic acids is 3. The Hall–Kier alpha value is -2.85. The minimum Gasteiger partial charge on any atom is -0.450 e. The Morgan fingerprint density at radius 1 is 1.19 bits per heavy atom. The highest BCUT2D eigenvalue weighted by atomic mass is 35.5. The van der Waals surface area contributed by atoms with Crippen molar-refractivity contribution in [3.8, 4) is 0 Å². The van der Waals surface area contributed by atoms with E-state index < -0.39 is 18.2 Å². The fourth-order valence-electron chi connectivity index (χ4n) is 4.22. The van der Waals surface area contributed by atoms with Gasteiger partial charge in [-0.3, -0.25) is 15.0 Å². The van der Waals surface area contributed by atoms with Gasteiger partial charge in [0.05, 0.1) is 13.2 Å². The molecular weight excluding hydrogens is 436 g/mol. The zero-order valence-electron chi connectivity index (χ0n) is 18.2. The van der Waals surface area contributed by atoms with Gasteiger partial charge in [-0.15, -0.1) is 0 Å². The lowest BCUT2D eigenvalue weighted by molar-refractivity contribution is -0.127. The van der Waals surface area contributed by atoms with Gasteiger partial charge in [0, 0.05) is 44.8 Å². The molecule has 11 heteroatoms. The van der Waals surface area contributed by atoms with Crippen molar-refractivity contribution >= 4 is 35.5 Å². The first-order valence-electron chi connectivity index (χ1n) is 10.7. The van der Waals surface area contributed by atoms with E-state index in [0.29, 0.717) is 50.9 Å². The number of carbonyl (C=O) groups is 3. The number of amides is 4. The van der Waals surface area contributed by atoms with Crippen LogP contribution in [0.2, 0.25) is 5.02 Å². The van der Waals surface area contributed by atoms with Crippen molar-refractivity contribution in [1.29, 1.82) is 0 Å². The van der Waals surface area contributed by atoms with Gasteiger partial charge in [0.25, 0.3) is 5.91 Å². The van der Waals surface area contributed by atoms with Gasteiger partial charge >= 0.3 is 12.1 Å². The van der Waals surface area contributed by atoms with Crippen molar-refractivity contribution < 1.29 is 19.1 Å². The average molecular weight is 463 g/mol. The van der Waals surface area contributed by atoms with Crippen LogP contribution in [0.1, 0.15) is 12.5 Å². The van der Waals surface area contributed by atoms with Crippen molar-refractivity contribution in [3.63, 3.8) is 0 Å². The maximum absolute atomic E-state index is 12.8. The summed E-state index contributed by atoms with van der Waals surface area (Å²) in [7, 11) is 1.64. The summed E-state index contributed by atoms with van der Waals surface area (Å²) in [5, 5.41) is 3.02. The molecule has 1 aromatic rings. The van der Waals surface area contributed by atoms with E-state index in [1.54, 1.807) is 18.9 Å². The van der Waals surface area contributed by atoms with Gasteiger partial charge in [0.1, 0.15) is 5.84 Å². The largest absolute Gasteiger partial charge is 0.450 e. The molecule has 1 aromatic carbocycles. The monoisotopic (exact) mass is 462 g/mol. The molecule has 10 nitrogen and oxygen atoms in total. The Morgan fingerprint density at radius 2 is 1.91 bits per heavy atom. The number of aliphatic imine (C=N–C) groups is 1. The van der Waals surface area contributed by atoms with Crippen LogP contribution in [-0.4, -0.2) is 102 Å². The first-order valence-corrected chi connectivity index (χ1v) is 11.0. The van der Waals surface area contributed by atoms with Crippen LogP contribution in [-0.2, 0) is 16.1 Å². The first kappa shape index (κ1) is 22.3. The van der Waals surface area contributed by atoms with Gasteiger partial charge in [0.15, 0.2) is 12.2 Å². The number of piperazine rings is 1. The fourth-order valence-corrected chi connectivity index (χ4v) is 4.41. The van der Waals surface area contributed by atoms with Gasteiger partial charge in [-0.2, -0.15) is 0 Å². The predicted octanol–water partition coefficient (Wildman–Crippen LogP) is 1.20. The number of fused-ring (bicyclic) bond motifs is 1. The predicted molar refractivity (Wildman–Crippen MR) is 118 cm³/mol. The third kappa shape index (κ3) is 4.37. The number of rotatable bonds is 5. The molecule has 2 atom stereocenters. The maximum atomic E-state index is 12.8. The molecule has 0 spiro atoms. The average Bonchev–Trinajstić information content (AvgIpc) is 3.13. The number of nitrogens with one attached hydrogen (secondary N) is 1. The summed E-state index contributed by atoms with van der Waals surface area (Å²) < 4.78 is 5.08. The molecular formula is C21H27ClN6O4. The molecule has 0 radical (unpaired) electrons. The molecule has 2 unspecified atom stereocenters. The maximum Gasteiger partial charge on any atom is 0.409 e. The molecule has 4 amide bonds. The fraction of sp³-hybridized carbons (Fsp3) is 0.524. The summed E-state index contributed by atoms with van der Waals surface area (Å²) in [5.41, 5.74) is 0.877. The molecule has 0 aliphatic carbocycles. The number of halogens is 1. The number of imide groups is 1. The zero-order valence-corrected chi connectivity index (χ0v) is 18.9. The minimum atomic E-state index is -0.621. The van der Waals surface area contributed by atoms with Crippen LogP contribution in [0.4, 0.5) is 9.59 Å². The molecule has 0 aromatic heterocycles. The standard InChI is InChI=1S/C21H27ClN6O4/c1-3-32-21(31)27-10-8-26(9-11-27)13-16-23-18-17(19(29)24-20(30)25(18)2)28(16)12-14-6-4-5-7-15(14)22/h4-7,17-18H,3,8-13H2,1-2H3,(H,24,29,30). The zero-order chi connectivity index (χ0) is 22.8. The van der Waals surface area contributed by atoms with E-state index in [4.69, 9.17) is 21.3 Å². The lowest BCUT2D eigenvalue weighted by Gasteiger charge is -2.38. The Labute approximate surface area is 191 Å². The molecule has 1 N–H and O–H groups in total. The Morgan fingerprint density at radius 3 is 2.59 bits per heavy atom. The molecule has 4 rings (SSSR count). The van der Waals surface area contributed by atoms with Crippen LogP contribution in [0.25, 0.3) is 0 Å². The van der Waals surface area contributed by atoms with Gasteiger partial charge in [-0.05, 0) is 18.6 Å². The van der Waals surface area contributed by atoms with E-state index in [2.05, 4.69) is 10.2 Å². The number of nitrogens with zero attached hydrogens (tertiary/aromatic N) is 5. The highest BCUT2D eigenvalue weighted by Crippen LogP contribution is 2.28. The van der Waals surface area contributed by atoms with Crippen molar-refractivity contribution in [2.24, 2.45) is 4.99 Å². The molecule has 0 bridgehead atoms. The lowest BCUT2D eigenvalue weighted by atomic mass is 10.1. The highest BCUT2D eigenvalue weighted by molar-refractivity contribution is 6.31. The van der Waals surface area contributed by atoms with Crippen LogP contribution >= 0.6 is 11.6 Å². The minimum absolute atomic E-state index is 0.298. The molecule has 3 heterocycles. The van der Waals surface area contributed by atoms with Crippen molar-refractivity contribution in [1.82, 2.24) is 24.9 Å². The second-order valence-corrected chi connectivity index (χ2v) is 8.40. The number of benzene rings is 1. The van der Waals surface area contributed by atoms with Crippen LogP contribution in [0.15, 0.2) is 29.3 Å². The smallest absolute Gasteiger partial charge is 0.409 e. The van der Waals surface area contributed by atoms with Crippen LogP contribution < -0.4 is 5.32 Å². The van der Waals surface area contributed by atoms with E-state index in [1.807, 2.05) is 29.2 Å². The summed E-state index contributed by atoms with van der Waals surface area (Å²) in [5.74, 6) is 0.359. The van der Waals surface area contributed by atoms with Crippen molar-refractivity contribution in [3.05, 3.63) is 34.9 Å². The normalized spacial score (nSPS) is 23.7. The third-order valence-corrected chi connectivity index (χ3v) is 6.38. The van der Waals surface area contributed by atoms with E-state index in [9.17, 15) is 14.4 Å². The van der Waals surface area contributed by atoms with E-state index in [-0.39, 0.29) is 12.0 Å². The molecule has 2 fully saturated rings. The number of amidine groups is 1. The molecule has 2 saturated heterocycles. The van der Waals surface area contributed by atoms with Gasteiger partial charge in [-0.25, -0.2) is 14.6 Å². The Bertz CT molecular complexity index is 933. The summed E-state index contributed by atoms with van der Waals surface area (Å²) in [6.45, 7) is 5.48. The molecule has 0 saturated carbocycles. The first-order chi connectivity index (χ1) is 15.4. The Balaban J connectivity index is 1.52. The topological polar surface area (TPSA) is 97.8 Å². The van der Waals surface area contributed by atoms with Crippen LogP contribution in [0.5, 0.6) is 0 Å². The second kappa shape index (κ2) is 9.33. The van der Waals surface area contributed by atoms with Gasteiger partial charge < -0.3 is 19.4 Å². The number of hydrogen-bond acceptors (Lipinski definition) is 7. The summed E-state index contributed by atoms with van der Waals surface area (Å²) in [6, 6.07) is 6.41. The van der Waals surface area contributed by atoms with Crippen LogP contribution in [0, 0.1) is 0 Å². The lowest BCUT2D eigenvalue weighted by Crippen LogP contribution is -2.63. The highest BCUT2D eigenvalue weighted by Gasteiger charge is 2.48. The molecule has 32 heavy (non-hydrogen) atoms. The van der Waals surface area contributed by atoms with Gasteiger partial charge in [0.2, 0.25) is 0 Å². The summed E-state index contributed by atoms with van der Waals surface area (Å²) >= 11 is 6.39. The third-order valence-electron chi connectivity index (χ3n) is 6.01. The Kier molecular flexibility index (Phi) is 6.52. The summed E-state index contributed by atoms with van der Waals surface area (Å²) in [4.78, 5) is 48.9.